The summed E-state index contributed by atoms with van der Waals surface area (Å²) < 4.78 is 26.8. The minimum absolute atomic E-state index is 0.0166. The maximum Gasteiger partial charge on any atom is 0.356 e. The second kappa shape index (κ2) is 8.69. The molecule has 144 valence electrons. The van der Waals surface area contributed by atoms with Gasteiger partial charge in [-0.25, -0.2) is 27.9 Å². The van der Waals surface area contributed by atoms with E-state index in [0.717, 1.165) is 12.4 Å². The SMILES string of the molecule is CC(C)CNS(=O)(=O)c1ccc(CNC(=O)c2cnc(C(=O)O)cn2)cc1. The van der Waals surface area contributed by atoms with Gasteiger partial charge in [0.2, 0.25) is 10.0 Å². The summed E-state index contributed by atoms with van der Waals surface area (Å²) in [6.45, 7) is 4.32. The number of carboxylic acids is 1. The number of nitrogens with one attached hydrogen (secondary N) is 2. The predicted octanol–water partition coefficient (Wildman–Crippen LogP) is 1.04. The molecule has 27 heavy (non-hydrogen) atoms. The Morgan fingerprint density at radius 3 is 2.19 bits per heavy atom. The van der Waals surface area contributed by atoms with E-state index in [2.05, 4.69) is 20.0 Å². The van der Waals surface area contributed by atoms with Crippen LogP contribution in [-0.4, -0.2) is 41.9 Å². The molecule has 0 aliphatic carbocycles. The maximum absolute atomic E-state index is 12.1. The van der Waals surface area contributed by atoms with E-state index in [-0.39, 0.29) is 28.7 Å². The van der Waals surface area contributed by atoms with Gasteiger partial charge in [0.1, 0.15) is 5.69 Å². The molecule has 1 aromatic carbocycles. The van der Waals surface area contributed by atoms with E-state index in [0.29, 0.717) is 12.1 Å². The molecule has 0 spiro atoms. The highest BCUT2D eigenvalue weighted by molar-refractivity contribution is 7.89. The van der Waals surface area contributed by atoms with Crippen LogP contribution in [0.2, 0.25) is 0 Å². The Morgan fingerprint density at radius 1 is 1.07 bits per heavy atom. The first-order valence-electron chi connectivity index (χ1n) is 8.11. The van der Waals surface area contributed by atoms with Crippen molar-refractivity contribution in [1.82, 2.24) is 20.0 Å². The number of hydrogen-bond acceptors (Lipinski definition) is 6. The van der Waals surface area contributed by atoms with Gasteiger partial charge in [-0.2, -0.15) is 0 Å². The Kier molecular flexibility index (Phi) is 6.59. The number of carboxylic acid groups (broad SMARTS) is 1. The Morgan fingerprint density at radius 2 is 1.67 bits per heavy atom. The van der Waals surface area contributed by atoms with Crippen LogP contribution in [0.25, 0.3) is 0 Å². The first-order chi connectivity index (χ1) is 12.7. The van der Waals surface area contributed by atoms with Crippen molar-refractivity contribution in [2.75, 3.05) is 6.54 Å². The van der Waals surface area contributed by atoms with E-state index in [1.54, 1.807) is 12.1 Å². The molecule has 0 fully saturated rings. The standard InChI is InChI=1S/C17H20N4O5S/c1-11(2)7-21-27(25,26)13-5-3-12(4-6-13)8-20-16(22)14-9-19-15(10-18-14)17(23)24/h3-6,9-11,21H,7-8H2,1-2H3,(H,20,22)(H,23,24). The predicted molar refractivity (Wildman–Crippen MR) is 96.6 cm³/mol. The van der Waals surface area contributed by atoms with Crippen LogP contribution in [-0.2, 0) is 16.6 Å². The summed E-state index contributed by atoms with van der Waals surface area (Å²) in [4.78, 5) is 30.2. The van der Waals surface area contributed by atoms with Crippen LogP contribution in [0.15, 0.2) is 41.6 Å². The van der Waals surface area contributed by atoms with Crippen molar-refractivity contribution in [1.29, 1.82) is 0 Å². The Labute approximate surface area is 156 Å². The molecule has 2 rings (SSSR count). The molecule has 0 saturated carbocycles. The number of rotatable bonds is 8. The van der Waals surface area contributed by atoms with E-state index >= 15 is 0 Å². The van der Waals surface area contributed by atoms with E-state index in [4.69, 9.17) is 5.11 Å². The van der Waals surface area contributed by atoms with Crippen molar-refractivity contribution >= 4 is 21.9 Å². The smallest absolute Gasteiger partial charge is 0.356 e. The quantitative estimate of drug-likeness (QED) is 0.610. The van der Waals surface area contributed by atoms with Gasteiger partial charge in [0.25, 0.3) is 5.91 Å². The molecule has 0 aliphatic rings. The molecule has 0 saturated heterocycles. The number of carbonyl (C=O) groups is 2. The number of carbonyl (C=O) groups excluding carboxylic acids is 1. The summed E-state index contributed by atoms with van der Waals surface area (Å²) >= 11 is 0. The van der Waals surface area contributed by atoms with E-state index in [1.807, 2.05) is 13.8 Å². The van der Waals surface area contributed by atoms with Crippen molar-refractivity contribution in [2.24, 2.45) is 5.92 Å². The number of sulfonamides is 1. The summed E-state index contributed by atoms with van der Waals surface area (Å²) in [5, 5.41) is 11.4. The normalized spacial score (nSPS) is 11.4. The van der Waals surface area contributed by atoms with Crippen molar-refractivity contribution in [3.05, 3.63) is 53.6 Å². The molecule has 1 amide bonds. The fraction of sp³-hybridized carbons (Fsp3) is 0.294. The molecular weight excluding hydrogens is 372 g/mol. The Bertz CT molecular complexity index is 909. The number of hydrogen-bond donors (Lipinski definition) is 3. The monoisotopic (exact) mass is 392 g/mol. The third kappa shape index (κ3) is 5.83. The lowest BCUT2D eigenvalue weighted by Crippen LogP contribution is -2.27. The highest BCUT2D eigenvalue weighted by atomic mass is 32.2. The molecule has 9 nitrogen and oxygen atoms in total. The summed E-state index contributed by atoms with van der Waals surface area (Å²) in [5.74, 6) is -1.55. The first-order valence-corrected chi connectivity index (χ1v) is 9.59. The van der Waals surface area contributed by atoms with Gasteiger partial charge in [0.15, 0.2) is 5.69 Å². The molecule has 0 radical (unpaired) electrons. The summed E-state index contributed by atoms with van der Waals surface area (Å²) in [7, 11) is -3.56. The van der Waals surface area contributed by atoms with Crippen molar-refractivity contribution in [3.63, 3.8) is 0 Å². The van der Waals surface area contributed by atoms with Crippen LogP contribution >= 0.6 is 0 Å². The maximum atomic E-state index is 12.1. The van der Waals surface area contributed by atoms with Gasteiger partial charge in [-0.05, 0) is 23.6 Å². The minimum Gasteiger partial charge on any atom is -0.476 e. The molecule has 1 heterocycles. The Hall–Kier alpha value is -2.85. The number of amides is 1. The molecule has 3 N–H and O–H groups in total. The number of benzene rings is 1. The molecule has 10 heteroatoms. The zero-order valence-corrected chi connectivity index (χ0v) is 15.7. The van der Waals surface area contributed by atoms with Gasteiger partial charge in [-0.3, -0.25) is 4.79 Å². The van der Waals surface area contributed by atoms with Crippen LogP contribution in [0.3, 0.4) is 0 Å². The van der Waals surface area contributed by atoms with Crippen LogP contribution in [0, 0.1) is 5.92 Å². The summed E-state index contributed by atoms with van der Waals surface area (Å²) in [6.07, 6.45) is 2.08. The van der Waals surface area contributed by atoms with Crippen LogP contribution in [0.5, 0.6) is 0 Å². The highest BCUT2D eigenvalue weighted by Gasteiger charge is 2.14. The zero-order chi connectivity index (χ0) is 20.0. The van der Waals surface area contributed by atoms with E-state index in [1.165, 1.54) is 12.1 Å². The number of aromatic carboxylic acids is 1. The molecule has 0 atom stereocenters. The highest BCUT2D eigenvalue weighted by Crippen LogP contribution is 2.11. The lowest BCUT2D eigenvalue weighted by molar-refractivity contribution is 0.0689. The molecular formula is C17H20N4O5S. The third-order valence-corrected chi connectivity index (χ3v) is 4.91. The fourth-order valence-corrected chi connectivity index (χ4v) is 3.19. The number of aromatic nitrogens is 2. The largest absolute Gasteiger partial charge is 0.476 e. The van der Waals surface area contributed by atoms with Gasteiger partial charge in [-0.1, -0.05) is 26.0 Å². The van der Waals surface area contributed by atoms with Crippen LogP contribution in [0.4, 0.5) is 0 Å². The van der Waals surface area contributed by atoms with Crippen molar-refractivity contribution in [2.45, 2.75) is 25.3 Å². The molecule has 1 aromatic heterocycles. The lowest BCUT2D eigenvalue weighted by atomic mass is 10.2. The second-order valence-corrected chi connectivity index (χ2v) is 7.93. The Balaban J connectivity index is 1.96. The molecule has 0 bridgehead atoms. The minimum atomic E-state index is -3.56. The number of nitrogens with zero attached hydrogens (tertiary/aromatic N) is 2. The molecule has 0 aliphatic heterocycles. The van der Waals surface area contributed by atoms with E-state index < -0.39 is 21.9 Å². The average Bonchev–Trinajstić information content (AvgIpc) is 2.65. The van der Waals surface area contributed by atoms with E-state index in [9.17, 15) is 18.0 Å². The van der Waals surface area contributed by atoms with Crippen molar-refractivity contribution < 1.29 is 23.1 Å². The van der Waals surface area contributed by atoms with Crippen LogP contribution < -0.4 is 10.0 Å². The first kappa shape index (κ1) is 20.5. The van der Waals surface area contributed by atoms with Gasteiger partial charge in [-0.15, -0.1) is 0 Å². The average molecular weight is 392 g/mol. The van der Waals surface area contributed by atoms with Gasteiger partial charge >= 0.3 is 5.97 Å². The van der Waals surface area contributed by atoms with Gasteiger partial charge < -0.3 is 10.4 Å². The molecule has 2 aromatic rings. The van der Waals surface area contributed by atoms with Crippen LogP contribution in [0.1, 0.15) is 40.4 Å². The topological polar surface area (TPSA) is 138 Å². The lowest BCUT2D eigenvalue weighted by Gasteiger charge is -2.10. The van der Waals surface area contributed by atoms with Gasteiger partial charge in [0, 0.05) is 13.1 Å². The van der Waals surface area contributed by atoms with Gasteiger partial charge in [0.05, 0.1) is 17.3 Å². The molecule has 0 unspecified atom stereocenters. The third-order valence-electron chi connectivity index (χ3n) is 3.47. The van der Waals surface area contributed by atoms with Crippen molar-refractivity contribution in [3.8, 4) is 0 Å². The summed E-state index contributed by atoms with van der Waals surface area (Å²) in [5.41, 5.74) is 0.424. The zero-order valence-electron chi connectivity index (χ0n) is 14.8. The fourth-order valence-electron chi connectivity index (χ4n) is 1.97. The summed E-state index contributed by atoms with van der Waals surface area (Å²) in [6, 6.07) is 6.13. The second-order valence-electron chi connectivity index (χ2n) is 6.16.